The lowest BCUT2D eigenvalue weighted by molar-refractivity contribution is -0.0498. The van der Waals surface area contributed by atoms with Gasteiger partial charge in [-0.2, -0.15) is 19.0 Å². The van der Waals surface area contributed by atoms with Gasteiger partial charge in [0.1, 0.15) is 18.1 Å². The lowest BCUT2D eigenvalue weighted by Gasteiger charge is -2.07. The summed E-state index contributed by atoms with van der Waals surface area (Å²) in [7, 11) is 0. The van der Waals surface area contributed by atoms with E-state index in [0.29, 0.717) is 22.9 Å². The van der Waals surface area contributed by atoms with Gasteiger partial charge in [-0.05, 0) is 37.3 Å². The molecule has 0 unspecified atom stereocenters. The minimum atomic E-state index is -2.87. The third kappa shape index (κ3) is 3.62. The molecule has 124 valence electrons. The maximum absolute atomic E-state index is 12.2. The first-order valence-electron chi connectivity index (χ1n) is 7.02. The number of benzene rings is 1. The number of hydrogen-bond acceptors (Lipinski definition) is 5. The van der Waals surface area contributed by atoms with Crippen LogP contribution in [-0.2, 0) is 6.54 Å². The van der Waals surface area contributed by atoms with Crippen molar-refractivity contribution in [1.29, 1.82) is 0 Å². The van der Waals surface area contributed by atoms with Crippen molar-refractivity contribution in [2.24, 2.45) is 0 Å². The van der Waals surface area contributed by atoms with E-state index in [1.165, 1.54) is 22.9 Å². The molecule has 0 bridgehead atoms. The Hall–Kier alpha value is -3.10. The largest absolute Gasteiger partial charge is 0.435 e. The van der Waals surface area contributed by atoms with Gasteiger partial charge in [-0.1, -0.05) is 0 Å². The molecule has 3 aromatic rings. The van der Waals surface area contributed by atoms with Crippen LogP contribution in [0.25, 0.3) is 11.3 Å². The Kier molecular flexibility index (Phi) is 4.32. The Morgan fingerprint density at radius 2 is 1.96 bits per heavy atom. The number of aryl methyl sites for hydroxylation is 1. The smallest absolute Gasteiger partial charge is 0.387 e. The zero-order valence-corrected chi connectivity index (χ0v) is 12.6. The van der Waals surface area contributed by atoms with Gasteiger partial charge in [-0.25, -0.2) is 9.67 Å². The lowest BCUT2D eigenvalue weighted by atomic mass is 10.1. The van der Waals surface area contributed by atoms with Crippen molar-refractivity contribution in [2.75, 3.05) is 0 Å². The van der Waals surface area contributed by atoms with E-state index in [2.05, 4.69) is 25.0 Å². The molecule has 0 radical (unpaired) electrons. The quantitative estimate of drug-likeness (QED) is 0.772. The number of halogens is 2. The van der Waals surface area contributed by atoms with Gasteiger partial charge in [0.2, 0.25) is 0 Å². The van der Waals surface area contributed by atoms with E-state index in [1.807, 2.05) is 0 Å². The van der Waals surface area contributed by atoms with E-state index in [4.69, 9.17) is 0 Å². The molecule has 0 aliphatic rings. The summed E-state index contributed by atoms with van der Waals surface area (Å²) in [4.78, 5) is 16.1. The number of hydrogen-bond donors (Lipinski definition) is 1. The van der Waals surface area contributed by atoms with E-state index >= 15 is 0 Å². The standard InChI is InChI=1S/C15H13F2N5O2/c1-9-18-13(20-19-9)8-22-14(23)7-6-12(21-22)10-2-4-11(5-3-10)24-15(16)17/h2-7,15H,8H2,1H3,(H,18,19,20). The van der Waals surface area contributed by atoms with Crippen LogP contribution in [0.4, 0.5) is 8.78 Å². The minimum Gasteiger partial charge on any atom is -0.435 e. The molecule has 2 aromatic heterocycles. The molecule has 0 saturated carbocycles. The third-order valence-corrected chi connectivity index (χ3v) is 3.18. The zero-order chi connectivity index (χ0) is 17.1. The summed E-state index contributed by atoms with van der Waals surface area (Å²) in [6.45, 7) is -0.990. The molecule has 0 saturated heterocycles. The van der Waals surface area contributed by atoms with E-state index in [0.717, 1.165) is 0 Å². The molecule has 0 aliphatic heterocycles. The first-order valence-corrected chi connectivity index (χ1v) is 7.02. The Labute approximate surface area is 134 Å². The summed E-state index contributed by atoms with van der Waals surface area (Å²) in [5, 5.41) is 10.9. The van der Waals surface area contributed by atoms with Crippen LogP contribution in [-0.4, -0.2) is 31.6 Å². The van der Waals surface area contributed by atoms with E-state index in [1.54, 1.807) is 25.1 Å². The molecule has 1 aromatic carbocycles. The topological polar surface area (TPSA) is 85.7 Å². The fourth-order valence-corrected chi connectivity index (χ4v) is 2.12. The molecule has 0 spiro atoms. The fraction of sp³-hybridized carbons (Fsp3) is 0.200. The van der Waals surface area contributed by atoms with Crippen molar-refractivity contribution in [3.05, 3.63) is 58.4 Å². The van der Waals surface area contributed by atoms with Crippen molar-refractivity contribution in [1.82, 2.24) is 25.0 Å². The van der Waals surface area contributed by atoms with Crippen molar-refractivity contribution in [2.45, 2.75) is 20.1 Å². The van der Waals surface area contributed by atoms with Gasteiger partial charge in [0.05, 0.1) is 5.69 Å². The SMILES string of the molecule is Cc1nc(Cn2nc(-c3ccc(OC(F)F)cc3)ccc2=O)n[nH]1. The lowest BCUT2D eigenvalue weighted by Crippen LogP contribution is -2.23. The second-order valence-corrected chi connectivity index (χ2v) is 4.95. The molecular weight excluding hydrogens is 320 g/mol. The van der Waals surface area contributed by atoms with Gasteiger partial charge >= 0.3 is 6.61 Å². The summed E-state index contributed by atoms with van der Waals surface area (Å²) in [5.41, 5.74) is 0.890. The van der Waals surface area contributed by atoms with Gasteiger partial charge in [0.25, 0.3) is 5.56 Å². The molecular formula is C15H13F2N5O2. The predicted molar refractivity (Wildman–Crippen MR) is 80.8 cm³/mol. The maximum Gasteiger partial charge on any atom is 0.387 e. The van der Waals surface area contributed by atoms with Crippen LogP contribution in [0.1, 0.15) is 11.6 Å². The normalized spacial score (nSPS) is 11.0. The summed E-state index contributed by atoms with van der Waals surface area (Å²) >= 11 is 0. The maximum atomic E-state index is 12.2. The van der Waals surface area contributed by atoms with Gasteiger partial charge in [-0.3, -0.25) is 9.89 Å². The van der Waals surface area contributed by atoms with E-state index in [9.17, 15) is 13.6 Å². The molecule has 0 amide bonds. The Morgan fingerprint density at radius 3 is 2.58 bits per heavy atom. The third-order valence-electron chi connectivity index (χ3n) is 3.18. The first kappa shape index (κ1) is 15.8. The summed E-state index contributed by atoms with van der Waals surface area (Å²) in [6.07, 6.45) is 0. The van der Waals surface area contributed by atoms with Crippen LogP contribution in [0.2, 0.25) is 0 Å². The summed E-state index contributed by atoms with van der Waals surface area (Å²) in [5.74, 6) is 1.14. The molecule has 7 nitrogen and oxygen atoms in total. The van der Waals surface area contributed by atoms with Gasteiger partial charge in [0.15, 0.2) is 5.82 Å². The van der Waals surface area contributed by atoms with Gasteiger partial charge in [-0.15, -0.1) is 0 Å². The average Bonchev–Trinajstić information content (AvgIpc) is 2.95. The molecule has 24 heavy (non-hydrogen) atoms. The van der Waals surface area contributed by atoms with Crippen LogP contribution in [0, 0.1) is 6.92 Å². The van der Waals surface area contributed by atoms with Crippen molar-refractivity contribution < 1.29 is 13.5 Å². The number of ether oxygens (including phenoxy) is 1. The molecule has 0 aliphatic carbocycles. The minimum absolute atomic E-state index is 0.0540. The van der Waals surface area contributed by atoms with Crippen LogP contribution in [0.15, 0.2) is 41.2 Å². The molecule has 0 atom stereocenters. The highest BCUT2D eigenvalue weighted by atomic mass is 19.3. The number of alkyl halides is 2. The Morgan fingerprint density at radius 1 is 1.21 bits per heavy atom. The first-order chi connectivity index (χ1) is 11.5. The summed E-state index contributed by atoms with van der Waals surface area (Å²) in [6, 6.07) is 8.95. The number of nitrogens with one attached hydrogen (secondary N) is 1. The second-order valence-electron chi connectivity index (χ2n) is 4.95. The monoisotopic (exact) mass is 333 g/mol. The second kappa shape index (κ2) is 6.57. The predicted octanol–water partition coefficient (Wildman–Crippen LogP) is 1.99. The molecule has 0 fully saturated rings. The van der Waals surface area contributed by atoms with Crippen LogP contribution < -0.4 is 10.3 Å². The highest BCUT2D eigenvalue weighted by Gasteiger charge is 2.08. The van der Waals surface area contributed by atoms with Gasteiger partial charge < -0.3 is 4.74 Å². The Bertz CT molecular complexity index is 889. The molecule has 2 heterocycles. The summed E-state index contributed by atoms with van der Waals surface area (Å²) < 4.78 is 29.9. The van der Waals surface area contributed by atoms with Crippen molar-refractivity contribution >= 4 is 0 Å². The molecule has 1 N–H and O–H groups in total. The van der Waals surface area contributed by atoms with E-state index < -0.39 is 6.61 Å². The number of aromatic amines is 1. The fourth-order valence-electron chi connectivity index (χ4n) is 2.12. The van der Waals surface area contributed by atoms with Crippen LogP contribution in [0.5, 0.6) is 5.75 Å². The Balaban J connectivity index is 1.86. The number of nitrogens with zero attached hydrogens (tertiary/aromatic N) is 4. The van der Waals surface area contributed by atoms with Crippen LogP contribution >= 0.6 is 0 Å². The zero-order valence-electron chi connectivity index (χ0n) is 12.6. The highest BCUT2D eigenvalue weighted by molar-refractivity contribution is 5.59. The highest BCUT2D eigenvalue weighted by Crippen LogP contribution is 2.21. The number of H-pyrrole nitrogens is 1. The number of rotatable bonds is 5. The molecule has 3 rings (SSSR count). The average molecular weight is 333 g/mol. The number of aromatic nitrogens is 5. The van der Waals surface area contributed by atoms with E-state index in [-0.39, 0.29) is 17.9 Å². The van der Waals surface area contributed by atoms with Crippen molar-refractivity contribution in [3.63, 3.8) is 0 Å². The molecule has 9 heteroatoms. The van der Waals surface area contributed by atoms with Crippen molar-refractivity contribution in [3.8, 4) is 17.0 Å². The van der Waals surface area contributed by atoms with Crippen LogP contribution in [0.3, 0.4) is 0 Å². The van der Waals surface area contributed by atoms with Gasteiger partial charge in [0, 0.05) is 11.6 Å².